The molecule has 1 heterocycles. The Hall–Kier alpha value is -2.88. The maximum Gasteiger partial charge on any atom is 0.201 e. The van der Waals surface area contributed by atoms with Crippen LogP contribution in [0.5, 0.6) is 0 Å². The quantitative estimate of drug-likeness (QED) is 0.455. The minimum absolute atomic E-state index is 0.194. The van der Waals surface area contributed by atoms with Crippen molar-refractivity contribution in [3.8, 4) is 0 Å². The van der Waals surface area contributed by atoms with Gasteiger partial charge in [-0.05, 0) is 36.1 Å². The average molecular weight is 293 g/mol. The molecule has 0 amide bonds. The summed E-state index contributed by atoms with van der Waals surface area (Å²) in [4.78, 5) is 12.3. The molecule has 0 unspecified atom stereocenters. The van der Waals surface area contributed by atoms with Gasteiger partial charge < -0.3 is 9.62 Å². The molecule has 0 aliphatic heterocycles. The fourth-order valence-corrected chi connectivity index (χ4v) is 2.43. The van der Waals surface area contributed by atoms with Gasteiger partial charge in [0, 0.05) is 0 Å². The molecule has 2 aromatic carbocycles. The van der Waals surface area contributed by atoms with Gasteiger partial charge in [0.15, 0.2) is 0 Å². The van der Waals surface area contributed by atoms with Crippen molar-refractivity contribution >= 4 is 17.2 Å². The molecule has 0 aliphatic carbocycles. The van der Waals surface area contributed by atoms with Crippen LogP contribution in [0.4, 0.5) is 0 Å². The monoisotopic (exact) mass is 293 g/mol. The maximum atomic E-state index is 12.3. The smallest absolute Gasteiger partial charge is 0.201 e. The summed E-state index contributed by atoms with van der Waals surface area (Å²) >= 11 is 0. The van der Waals surface area contributed by atoms with Crippen molar-refractivity contribution in [1.29, 1.82) is 0 Å². The minimum atomic E-state index is -0.194. The standard InChI is InChI=1S/C18H15NO3/c20-18-15(11-19-21)12-22-17-9-8-14(10-16(17)18)7-6-13-4-2-1-3-5-13/h1-5,8-12,21H,6-7H2. The Bertz CT molecular complexity index is 866. The summed E-state index contributed by atoms with van der Waals surface area (Å²) in [5.74, 6) is 0. The molecule has 4 nitrogen and oxygen atoms in total. The van der Waals surface area contributed by atoms with E-state index in [0.29, 0.717) is 11.0 Å². The lowest BCUT2D eigenvalue weighted by Crippen LogP contribution is -2.08. The molecular formula is C18H15NO3. The number of hydrogen-bond donors (Lipinski definition) is 1. The topological polar surface area (TPSA) is 62.8 Å². The van der Waals surface area contributed by atoms with E-state index in [0.717, 1.165) is 24.6 Å². The van der Waals surface area contributed by atoms with Crippen molar-refractivity contribution in [3.63, 3.8) is 0 Å². The van der Waals surface area contributed by atoms with Crippen LogP contribution in [-0.4, -0.2) is 11.4 Å². The van der Waals surface area contributed by atoms with Crippen LogP contribution in [-0.2, 0) is 12.8 Å². The summed E-state index contributed by atoms with van der Waals surface area (Å²) in [7, 11) is 0. The summed E-state index contributed by atoms with van der Waals surface area (Å²) < 4.78 is 5.39. The lowest BCUT2D eigenvalue weighted by atomic mass is 10.0. The lowest BCUT2D eigenvalue weighted by Gasteiger charge is -2.04. The second-order valence-corrected chi connectivity index (χ2v) is 5.08. The fourth-order valence-electron chi connectivity index (χ4n) is 2.43. The van der Waals surface area contributed by atoms with Gasteiger partial charge in [-0.3, -0.25) is 4.79 Å². The summed E-state index contributed by atoms with van der Waals surface area (Å²) in [6, 6.07) is 15.8. The third-order valence-electron chi connectivity index (χ3n) is 3.61. The highest BCUT2D eigenvalue weighted by molar-refractivity contribution is 5.86. The Morgan fingerprint density at radius 1 is 1.05 bits per heavy atom. The Morgan fingerprint density at radius 3 is 2.59 bits per heavy atom. The van der Waals surface area contributed by atoms with Crippen LogP contribution >= 0.6 is 0 Å². The molecular weight excluding hydrogens is 278 g/mol. The van der Waals surface area contributed by atoms with Gasteiger partial charge in [0.1, 0.15) is 11.8 Å². The molecule has 1 aromatic heterocycles. The normalized spacial score (nSPS) is 11.3. The second-order valence-electron chi connectivity index (χ2n) is 5.08. The van der Waals surface area contributed by atoms with Gasteiger partial charge in [-0.15, -0.1) is 0 Å². The molecule has 0 radical (unpaired) electrons. The summed E-state index contributed by atoms with van der Waals surface area (Å²) in [5, 5.41) is 12.0. The molecule has 4 heteroatoms. The van der Waals surface area contributed by atoms with E-state index >= 15 is 0 Å². The van der Waals surface area contributed by atoms with E-state index in [4.69, 9.17) is 9.62 Å². The third kappa shape index (κ3) is 2.91. The van der Waals surface area contributed by atoms with Crippen LogP contribution in [0.3, 0.4) is 0 Å². The van der Waals surface area contributed by atoms with Crippen molar-refractivity contribution in [2.45, 2.75) is 12.8 Å². The number of benzene rings is 2. The number of hydrogen-bond acceptors (Lipinski definition) is 4. The van der Waals surface area contributed by atoms with Crippen molar-refractivity contribution < 1.29 is 9.62 Å². The van der Waals surface area contributed by atoms with E-state index < -0.39 is 0 Å². The van der Waals surface area contributed by atoms with Crippen LogP contribution < -0.4 is 5.43 Å². The van der Waals surface area contributed by atoms with E-state index in [9.17, 15) is 4.79 Å². The Balaban J connectivity index is 1.91. The largest absolute Gasteiger partial charge is 0.463 e. The van der Waals surface area contributed by atoms with Crippen molar-refractivity contribution in [1.82, 2.24) is 0 Å². The molecule has 0 aliphatic rings. The van der Waals surface area contributed by atoms with Gasteiger partial charge in [-0.1, -0.05) is 41.6 Å². The zero-order valence-electron chi connectivity index (χ0n) is 11.9. The fraction of sp³-hybridized carbons (Fsp3) is 0.111. The number of fused-ring (bicyclic) bond motifs is 1. The Labute approximate surface area is 127 Å². The van der Waals surface area contributed by atoms with Crippen LogP contribution in [0.1, 0.15) is 16.7 Å². The molecule has 1 N–H and O–H groups in total. The minimum Gasteiger partial charge on any atom is -0.463 e. The zero-order chi connectivity index (χ0) is 15.4. The van der Waals surface area contributed by atoms with Crippen LogP contribution in [0.15, 0.2) is 69.2 Å². The molecule has 3 rings (SSSR count). The molecule has 0 bridgehead atoms. The predicted octanol–water partition coefficient (Wildman–Crippen LogP) is 3.39. The van der Waals surface area contributed by atoms with E-state index in [1.807, 2.05) is 30.3 Å². The van der Waals surface area contributed by atoms with Crippen LogP contribution in [0, 0.1) is 0 Å². The highest BCUT2D eigenvalue weighted by Crippen LogP contribution is 2.15. The third-order valence-corrected chi connectivity index (χ3v) is 3.61. The van der Waals surface area contributed by atoms with E-state index in [-0.39, 0.29) is 11.0 Å². The molecule has 0 spiro atoms. The summed E-state index contributed by atoms with van der Waals surface area (Å²) in [5.41, 5.74) is 2.90. The van der Waals surface area contributed by atoms with Gasteiger partial charge in [0.25, 0.3) is 0 Å². The van der Waals surface area contributed by atoms with Gasteiger partial charge in [-0.25, -0.2) is 0 Å². The van der Waals surface area contributed by atoms with Gasteiger partial charge in [0.2, 0.25) is 5.43 Å². The molecule has 22 heavy (non-hydrogen) atoms. The van der Waals surface area contributed by atoms with Crippen molar-refractivity contribution in [2.24, 2.45) is 5.16 Å². The Kier molecular flexibility index (Phi) is 4.01. The molecule has 3 aromatic rings. The predicted molar refractivity (Wildman–Crippen MR) is 85.7 cm³/mol. The molecule has 0 fully saturated rings. The first-order valence-corrected chi connectivity index (χ1v) is 7.04. The highest BCUT2D eigenvalue weighted by Gasteiger charge is 2.07. The first-order valence-electron chi connectivity index (χ1n) is 7.04. The van der Waals surface area contributed by atoms with Crippen molar-refractivity contribution in [2.75, 3.05) is 0 Å². The lowest BCUT2D eigenvalue weighted by molar-refractivity contribution is 0.321. The Morgan fingerprint density at radius 2 is 1.82 bits per heavy atom. The van der Waals surface area contributed by atoms with Crippen LogP contribution in [0.25, 0.3) is 11.0 Å². The van der Waals surface area contributed by atoms with Crippen molar-refractivity contribution in [3.05, 3.63) is 81.7 Å². The van der Waals surface area contributed by atoms with E-state index in [1.165, 1.54) is 11.8 Å². The van der Waals surface area contributed by atoms with Gasteiger partial charge >= 0.3 is 0 Å². The average Bonchev–Trinajstić information content (AvgIpc) is 2.57. The number of oxime groups is 1. The zero-order valence-corrected chi connectivity index (χ0v) is 11.9. The molecule has 0 atom stereocenters. The van der Waals surface area contributed by atoms with Crippen LogP contribution in [0.2, 0.25) is 0 Å². The first kappa shape index (κ1) is 14.1. The maximum absolute atomic E-state index is 12.3. The molecule has 0 saturated carbocycles. The number of rotatable bonds is 4. The highest BCUT2D eigenvalue weighted by atomic mass is 16.4. The van der Waals surface area contributed by atoms with Gasteiger partial charge in [-0.2, -0.15) is 0 Å². The second kappa shape index (κ2) is 6.26. The number of nitrogens with zero attached hydrogens (tertiary/aromatic N) is 1. The SMILES string of the molecule is O=c1c(C=NO)coc2ccc(CCc3ccccc3)cc12. The molecule has 110 valence electrons. The van der Waals surface area contributed by atoms with E-state index in [2.05, 4.69) is 17.3 Å². The summed E-state index contributed by atoms with van der Waals surface area (Å²) in [6.07, 6.45) is 4.14. The van der Waals surface area contributed by atoms with E-state index in [1.54, 1.807) is 6.07 Å². The van der Waals surface area contributed by atoms with Gasteiger partial charge in [0.05, 0.1) is 17.2 Å². The molecule has 0 saturated heterocycles. The first-order chi connectivity index (χ1) is 10.8. The summed E-state index contributed by atoms with van der Waals surface area (Å²) in [6.45, 7) is 0. The number of aryl methyl sites for hydroxylation is 2.